The van der Waals surface area contributed by atoms with Crippen LogP contribution in [-0.2, 0) is 14.6 Å². The summed E-state index contributed by atoms with van der Waals surface area (Å²) in [5.41, 5.74) is 6.90. The van der Waals surface area contributed by atoms with E-state index in [4.69, 9.17) is 10.5 Å². The van der Waals surface area contributed by atoms with Gasteiger partial charge in [-0.3, -0.25) is 0 Å². The molecule has 1 rings (SSSR count). The zero-order valence-corrected chi connectivity index (χ0v) is 11.1. The van der Waals surface area contributed by atoms with Crippen molar-refractivity contribution < 1.29 is 13.2 Å². The third-order valence-electron chi connectivity index (χ3n) is 2.41. The summed E-state index contributed by atoms with van der Waals surface area (Å²) in [4.78, 5) is 0.231. The van der Waals surface area contributed by atoms with Gasteiger partial charge in [0.05, 0.1) is 16.3 Å². The highest BCUT2D eigenvalue weighted by Gasteiger charge is 2.17. The van der Waals surface area contributed by atoms with Crippen LogP contribution in [0.15, 0.2) is 23.1 Å². The molecule has 0 unspecified atom stereocenters. The number of hydrogen-bond acceptors (Lipinski definition) is 4. The molecule has 0 radical (unpaired) electrons. The van der Waals surface area contributed by atoms with Crippen LogP contribution < -0.4 is 5.73 Å². The molecule has 5 heteroatoms. The van der Waals surface area contributed by atoms with Crippen LogP contribution in [0.2, 0.25) is 0 Å². The maximum Gasteiger partial charge on any atom is 0.180 e. The van der Waals surface area contributed by atoms with E-state index in [1.165, 1.54) is 0 Å². The topological polar surface area (TPSA) is 69.4 Å². The minimum atomic E-state index is -3.30. The summed E-state index contributed by atoms with van der Waals surface area (Å²) >= 11 is 0. The van der Waals surface area contributed by atoms with Gasteiger partial charge < -0.3 is 10.5 Å². The van der Waals surface area contributed by atoms with E-state index in [0.29, 0.717) is 25.3 Å². The number of anilines is 1. The predicted molar refractivity (Wildman–Crippen MR) is 68.8 cm³/mol. The quantitative estimate of drug-likeness (QED) is 0.623. The lowest BCUT2D eigenvalue weighted by atomic mass is 10.2. The van der Waals surface area contributed by atoms with Crippen molar-refractivity contribution in [1.29, 1.82) is 0 Å². The minimum Gasteiger partial charge on any atom is -0.398 e. The molecule has 0 fully saturated rings. The summed E-state index contributed by atoms with van der Waals surface area (Å²) in [6.07, 6.45) is 0.490. The Hall–Kier alpha value is -1.07. The zero-order chi connectivity index (χ0) is 12.9. The number of aryl methyl sites for hydroxylation is 1. The van der Waals surface area contributed by atoms with Gasteiger partial charge in [0.1, 0.15) is 0 Å². The van der Waals surface area contributed by atoms with Crippen molar-refractivity contribution in [1.82, 2.24) is 0 Å². The number of benzene rings is 1. The molecule has 4 nitrogen and oxygen atoms in total. The van der Waals surface area contributed by atoms with Crippen molar-refractivity contribution in [3.8, 4) is 0 Å². The number of rotatable bonds is 6. The van der Waals surface area contributed by atoms with E-state index < -0.39 is 9.84 Å². The Kier molecular flexibility index (Phi) is 4.96. The van der Waals surface area contributed by atoms with Crippen molar-refractivity contribution in [2.24, 2.45) is 0 Å². The van der Waals surface area contributed by atoms with E-state index in [0.717, 1.165) is 5.56 Å². The normalized spacial score (nSPS) is 11.6. The first-order valence-corrected chi connectivity index (χ1v) is 7.29. The molecule has 0 saturated heterocycles. The first-order valence-electron chi connectivity index (χ1n) is 5.64. The van der Waals surface area contributed by atoms with Crippen LogP contribution in [0.1, 0.15) is 18.9 Å². The van der Waals surface area contributed by atoms with Crippen LogP contribution in [-0.4, -0.2) is 27.4 Å². The Labute approximate surface area is 103 Å². The molecule has 0 aromatic heterocycles. The summed E-state index contributed by atoms with van der Waals surface area (Å²) in [6, 6.07) is 5.05. The monoisotopic (exact) mass is 257 g/mol. The molecule has 0 heterocycles. The largest absolute Gasteiger partial charge is 0.398 e. The molecule has 0 aliphatic carbocycles. The van der Waals surface area contributed by atoms with Crippen molar-refractivity contribution in [2.45, 2.75) is 25.2 Å². The lowest BCUT2D eigenvalue weighted by Gasteiger charge is -2.08. The second-order valence-corrected chi connectivity index (χ2v) is 5.99. The van der Waals surface area contributed by atoms with Gasteiger partial charge in [-0.25, -0.2) is 8.42 Å². The Morgan fingerprint density at radius 1 is 1.35 bits per heavy atom. The highest BCUT2D eigenvalue weighted by atomic mass is 32.2. The molecule has 0 atom stereocenters. The smallest absolute Gasteiger partial charge is 0.180 e. The summed E-state index contributed by atoms with van der Waals surface area (Å²) in [7, 11) is -3.30. The second kappa shape index (κ2) is 6.02. The van der Waals surface area contributed by atoms with E-state index in [-0.39, 0.29) is 10.6 Å². The van der Waals surface area contributed by atoms with E-state index in [1.54, 1.807) is 18.2 Å². The van der Waals surface area contributed by atoms with Gasteiger partial charge in [0.25, 0.3) is 0 Å². The van der Waals surface area contributed by atoms with Gasteiger partial charge in [-0.1, -0.05) is 6.07 Å². The number of ether oxygens (including phenoxy) is 1. The van der Waals surface area contributed by atoms with Crippen molar-refractivity contribution in [3.05, 3.63) is 23.8 Å². The molecule has 0 saturated carbocycles. The number of sulfone groups is 1. The highest BCUT2D eigenvalue weighted by Crippen LogP contribution is 2.21. The third-order valence-corrected chi connectivity index (χ3v) is 4.26. The van der Waals surface area contributed by atoms with Crippen LogP contribution in [0.5, 0.6) is 0 Å². The molecule has 0 spiro atoms. The van der Waals surface area contributed by atoms with Gasteiger partial charge in [-0.05, 0) is 38.0 Å². The molecule has 0 aliphatic heterocycles. The summed E-state index contributed by atoms with van der Waals surface area (Å²) < 4.78 is 29.2. The fraction of sp³-hybridized carbons (Fsp3) is 0.500. The molecule has 0 aliphatic rings. The number of hydrogen-bond donors (Lipinski definition) is 1. The van der Waals surface area contributed by atoms with Gasteiger partial charge in [0.15, 0.2) is 9.84 Å². The van der Waals surface area contributed by atoms with Crippen molar-refractivity contribution in [2.75, 3.05) is 24.7 Å². The first kappa shape index (κ1) is 14.0. The molecule has 1 aromatic rings. The third kappa shape index (κ3) is 4.02. The maximum atomic E-state index is 12.0. The first-order chi connectivity index (χ1) is 7.97. The summed E-state index contributed by atoms with van der Waals surface area (Å²) in [5, 5.41) is 0. The Balaban J connectivity index is 2.79. The van der Waals surface area contributed by atoms with Gasteiger partial charge in [-0.15, -0.1) is 0 Å². The van der Waals surface area contributed by atoms with E-state index in [9.17, 15) is 8.42 Å². The summed E-state index contributed by atoms with van der Waals surface area (Å²) in [6.45, 7) is 4.79. The average molecular weight is 257 g/mol. The Morgan fingerprint density at radius 2 is 2.06 bits per heavy atom. The van der Waals surface area contributed by atoms with Crippen molar-refractivity contribution in [3.63, 3.8) is 0 Å². The van der Waals surface area contributed by atoms with Crippen LogP contribution in [0, 0.1) is 6.92 Å². The van der Waals surface area contributed by atoms with Gasteiger partial charge >= 0.3 is 0 Å². The van der Waals surface area contributed by atoms with Crippen LogP contribution in [0.25, 0.3) is 0 Å². The molecule has 17 heavy (non-hydrogen) atoms. The molecule has 1 aromatic carbocycles. The van der Waals surface area contributed by atoms with Crippen LogP contribution in [0.3, 0.4) is 0 Å². The van der Waals surface area contributed by atoms with Gasteiger partial charge in [-0.2, -0.15) is 0 Å². The van der Waals surface area contributed by atoms with Gasteiger partial charge in [0.2, 0.25) is 0 Å². The van der Waals surface area contributed by atoms with Crippen LogP contribution in [0.4, 0.5) is 5.69 Å². The maximum absolute atomic E-state index is 12.0. The van der Waals surface area contributed by atoms with E-state index in [2.05, 4.69) is 0 Å². The molecule has 96 valence electrons. The van der Waals surface area contributed by atoms with E-state index in [1.807, 2.05) is 13.8 Å². The summed E-state index contributed by atoms with van der Waals surface area (Å²) in [5.74, 6) is 0.0701. The second-order valence-electron chi connectivity index (χ2n) is 3.91. The molecule has 2 N–H and O–H groups in total. The minimum absolute atomic E-state index is 0.0701. The molecular formula is C12H19NO3S. The zero-order valence-electron chi connectivity index (χ0n) is 10.3. The SMILES string of the molecule is CCOCCCS(=O)(=O)c1cc(C)ccc1N. The average Bonchev–Trinajstić information content (AvgIpc) is 2.28. The highest BCUT2D eigenvalue weighted by molar-refractivity contribution is 7.91. The molecular weight excluding hydrogens is 238 g/mol. The fourth-order valence-corrected chi connectivity index (χ4v) is 3.03. The number of nitrogens with two attached hydrogens (primary N) is 1. The Bertz CT molecular complexity index is 469. The van der Waals surface area contributed by atoms with Gasteiger partial charge in [0, 0.05) is 13.2 Å². The standard InChI is InChI=1S/C12H19NO3S/c1-3-16-7-4-8-17(14,15)12-9-10(2)5-6-11(12)13/h5-6,9H,3-4,7-8,13H2,1-2H3. The van der Waals surface area contributed by atoms with Crippen LogP contribution >= 0.6 is 0 Å². The van der Waals surface area contributed by atoms with Crippen molar-refractivity contribution >= 4 is 15.5 Å². The predicted octanol–water partition coefficient (Wildman–Crippen LogP) is 1.78. The lowest BCUT2D eigenvalue weighted by Crippen LogP contribution is -2.11. The Morgan fingerprint density at radius 3 is 2.71 bits per heavy atom. The molecule has 0 amide bonds. The fourth-order valence-electron chi connectivity index (χ4n) is 1.52. The number of nitrogen functional groups attached to an aromatic ring is 1. The lowest BCUT2D eigenvalue weighted by molar-refractivity contribution is 0.148. The molecule has 0 bridgehead atoms. The van der Waals surface area contributed by atoms with E-state index >= 15 is 0 Å².